The van der Waals surface area contributed by atoms with Gasteiger partial charge in [0, 0.05) is 26.2 Å². The Morgan fingerprint density at radius 3 is 2.21 bits per heavy atom. The number of anilines is 3. The van der Waals surface area contributed by atoms with Gasteiger partial charge in [-0.3, -0.25) is 4.79 Å². The van der Waals surface area contributed by atoms with Crippen molar-refractivity contribution in [3.8, 4) is 0 Å². The van der Waals surface area contributed by atoms with Crippen LogP contribution in [0.5, 0.6) is 0 Å². The number of carbonyl (C=O) groups is 1. The number of rotatable bonds is 4. The number of alkyl halides is 3. The monoisotopic (exact) mass is 410 g/mol. The Bertz CT molecular complexity index is 762. The fraction of sp³-hybridized carbons (Fsp3) is 0.667. The second kappa shape index (κ2) is 7.61. The highest BCUT2D eigenvalue weighted by Gasteiger charge is 2.42. The van der Waals surface area contributed by atoms with E-state index in [0.717, 1.165) is 24.5 Å². The number of hydrogen-bond acceptors (Lipinski definition) is 4. The van der Waals surface area contributed by atoms with Crippen LogP contribution in [0.3, 0.4) is 0 Å². The van der Waals surface area contributed by atoms with Crippen LogP contribution < -0.4 is 21.3 Å². The Labute approximate surface area is 169 Å². The van der Waals surface area contributed by atoms with E-state index >= 15 is 0 Å². The predicted molar refractivity (Wildman–Crippen MR) is 108 cm³/mol. The van der Waals surface area contributed by atoms with Crippen molar-refractivity contribution < 1.29 is 18.0 Å². The van der Waals surface area contributed by atoms with Crippen molar-refractivity contribution in [3.05, 3.63) is 17.7 Å². The van der Waals surface area contributed by atoms with Gasteiger partial charge in [0.15, 0.2) is 0 Å². The maximum Gasteiger partial charge on any atom is 0.391 e. The molecule has 2 saturated carbocycles. The molecule has 8 heteroatoms. The quantitative estimate of drug-likeness (QED) is 0.656. The lowest BCUT2D eigenvalue weighted by atomic mass is 9.77. The standard InChI is InChI=1S/C21H29F3N4O/c1-26-18-9-19(28-10-12-2-3-13(12)11-28)16(8-17(18)25)20(29)27-15-6-4-14(5-7-15)21(22,23)24/h8-9,12-15,26H,2-7,10-11,25H2,1H3,(H,27,29)/t12?,13?,14-,15-. The molecule has 1 heterocycles. The van der Waals surface area contributed by atoms with Gasteiger partial charge in [-0.25, -0.2) is 0 Å². The molecule has 1 saturated heterocycles. The molecular weight excluding hydrogens is 381 g/mol. The Morgan fingerprint density at radius 2 is 1.69 bits per heavy atom. The van der Waals surface area contributed by atoms with E-state index in [4.69, 9.17) is 5.73 Å². The summed E-state index contributed by atoms with van der Waals surface area (Å²) in [5.41, 5.74) is 8.76. The molecule has 160 valence electrons. The van der Waals surface area contributed by atoms with Gasteiger partial charge in [0.2, 0.25) is 0 Å². The highest BCUT2D eigenvalue weighted by molar-refractivity contribution is 6.02. The van der Waals surface area contributed by atoms with Crippen LogP contribution in [-0.4, -0.2) is 38.3 Å². The number of nitrogen functional groups attached to an aromatic ring is 1. The molecule has 3 fully saturated rings. The van der Waals surface area contributed by atoms with Crippen molar-refractivity contribution in [2.45, 2.75) is 50.7 Å². The number of carbonyl (C=O) groups excluding carboxylic acids is 1. The number of fused-ring (bicyclic) bond motifs is 1. The molecular formula is C21H29F3N4O. The van der Waals surface area contributed by atoms with E-state index in [2.05, 4.69) is 15.5 Å². The third-order valence-electron chi connectivity index (χ3n) is 7.03. The van der Waals surface area contributed by atoms with Gasteiger partial charge in [-0.1, -0.05) is 0 Å². The summed E-state index contributed by atoms with van der Waals surface area (Å²) in [5, 5.41) is 6.04. The summed E-state index contributed by atoms with van der Waals surface area (Å²) in [7, 11) is 1.79. The molecule has 1 aromatic rings. The minimum atomic E-state index is -4.14. The first-order valence-corrected chi connectivity index (χ1v) is 10.5. The van der Waals surface area contributed by atoms with Gasteiger partial charge >= 0.3 is 6.18 Å². The van der Waals surface area contributed by atoms with Crippen LogP contribution in [0.1, 0.15) is 48.9 Å². The molecule has 2 atom stereocenters. The molecule has 1 amide bonds. The maximum absolute atomic E-state index is 13.1. The van der Waals surface area contributed by atoms with Gasteiger partial charge in [-0.05, 0) is 62.5 Å². The number of benzene rings is 1. The number of nitrogens with two attached hydrogens (primary N) is 1. The number of hydrogen-bond donors (Lipinski definition) is 3. The third-order valence-corrected chi connectivity index (χ3v) is 7.03. The van der Waals surface area contributed by atoms with Crippen molar-refractivity contribution in [1.82, 2.24) is 5.32 Å². The topological polar surface area (TPSA) is 70.4 Å². The zero-order valence-electron chi connectivity index (χ0n) is 16.7. The molecule has 5 nitrogen and oxygen atoms in total. The van der Waals surface area contributed by atoms with Crippen molar-refractivity contribution in [2.75, 3.05) is 36.1 Å². The second-order valence-electron chi connectivity index (χ2n) is 8.77. The fourth-order valence-corrected chi connectivity index (χ4v) is 5.05. The maximum atomic E-state index is 13.1. The summed E-state index contributed by atoms with van der Waals surface area (Å²) in [6, 6.07) is 3.39. The molecule has 0 aromatic heterocycles. The summed E-state index contributed by atoms with van der Waals surface area (Å²) in [5.74, 6) is -0.112. The number of halogens is 3. The van der Waals surface area contributed by atoms with Crippen molar-refractivity contribution >= 4 is 23.0 Å². The first-order valence-electron chi connectivity index (χ1n) is 10.5. The molecule has 1 aliphatic heterocycles. The average Bonchev–Trinajstić information content (AvgIpc) is 2.95. The number of nitrogens with zero attached hydrogens (tertiary/aromatic N) is 1. The number of amides is 1. The fourth-order valence-electron chi connectivity index (χ4n) is 5.05. The van der Waals surface area contributed by atoms with Crippen LogP contribution in [-0.2, 0) is 0 Å². The molecule has 0 spiro atoms. The minimum absolute atomic E-state index is 0.0671. The largest absolute Gasteiger partial charge is 0.397 e. The second-order valence-corrected chi connectivity index (χ2v) is 8.77. The third kappa shape index (κ3) is 3.98. The average molecular weight is 410 g/mol. The first-order chi connectivity index (χ1) is 13.8. The van der Waals surface area contributed by atoms with Crippen LogP contribution in [0.15, 0.2) is 12.1 Å². The number of nitrogens with one attached hydrogen (secondary N) is 2. The lowest BCUT2D eigenvalue weighted by Crippen LogP contribution is -2.40. The van der Waals surface area contributed by atoms with E-state index in [9.17, 15) is 18.0 Å². The molecule has 0 radical (unpaired) electrons. The van der Waals surface area contributed by atoms with Gasteiger partial charge in [0.05, 0.1) is 28.5 Å². The van der Waals surface area contributed by atoms with Gasteiger partial charge < -0.3 is 21.3 Å². The zero-order chi connectivity index (χ0) is 20.8. The van der Waals surface area contributed by atoms with Crippen LogP contribution >= 0.6 is 0 Å². The van der Waals surface area contributed by atoms with E-state index in [0.29, 0.717) is 35.9 Å². The van der Waals surface area contributed by atoms with E-state index in [1.807, 2.05) is 6.07 Å². The lowest BCUT2D eigenvalue weighted by molar-refractivity contribution is -0.182. The highest BCUT2D eigenvalue weighted by Crippen LogP contribution is 2.44. The summed E-state index contributed by atoms with van der Waals surface area (Å²) < 4.78 is 38.7. The molecule has 1 aromatic carbocycles. The van der Waals surface area contributed by atoms with Gasteiger partial charge in [-0.2, -0.15) is 13.2 Å². The molecule has 29 heavy (non-hydrogen) atoms. The van der Waals surface area contributed by atoms with Crippen LogP contribution in [0, 0.1) is 17.8 Å². The SMILES string of the molecule is CNc1cc(N2CC3CCC3C2)c(C(=O)N[C@H]2CC[C@H](C(F)(F)F)CC2)cc1N. The highest BCUT2D eigenvalue weighted by atomic mass is 19.4. The normalized spacial score (nSPS) is 29.2. The van der Waals surface area contributed by atoms with Crippen molar-refractivity contribution in [1.29, 1.82) is 0 Å². The van der Waals surface area contributed by atoms with Crippen molar-refractivity contribution in [3.63, 3.8) is 0 Å². The molecule has 0 bridgehead atoms. The van der Waals surface area contributed by atoms with Crippen LogP contribution in [0.2, 0.25) is 0 Å². The molecule has 4 N–H and O–H groups in total. The van der Waals surface area contributed by atoms with Crippen LogP contribution in [0.25, 0.3) is 0 Å². The predicted octanol–water partition coefficient (Wildman–Crippen LogP) is 4.01. The zero-order valence-corrected chi connectivity index (χ0v) is 16.7. The van der Waals surface area contributed by atoms with E-state index in [1.54, 1.807) is 13.1 Å². The Kier molecular flexibility index (Phi) is 5.29. The van der Waals surface area contributed by atoms with Gasteiger partial charge in [0.25, 0.3) is 5.91 Å². The molecule has 2 unspecified atom stereocenters. The smallest absolute Gasteiger partial charge is 0.391 e. The Hall–Kier alpha value is -2.12. The van der Waals surface area contributed by atoms with Crippen LogP contribution in [0.4, 0.5) is 30.2 Å². The Morgan fingerprint density at radius 1 is 1.07 bits per heavy atom. The molecule has 2 aliphatic carbocycles. The van der Waals surface area contributed by atoms with E-state index in [1.165, 1.54) is 12.8 Å². The van der Waals surface area contributed by atoms with E-state index < -0.39 is 12.1 Å². The minimum Gasteiger partial charge on any atom is -0.397 e. The summed E-state index contributed by atoms with van der Waals surface area (Å²) in [6.45, 7) is 1.88. The summed E-state index contributed by atoms with van der Waals surface area (Å²) in [6.07, 6.45) is -0.839. The summed E-state index contributed by atoms with van der Waals surface area (Å²) in [4.78, 5) is 15.3. The van der Waals surface area contributed by atoms with Gasteiger partial charge in [0.1, 0.15) is 0 Å². The van der Waals surface area contributed by atoms with Crippen molar-refractivity contribution in [2.24, 2.45) is 17.8 Å². The lowest BCUT2D eigenvalue weighted by Gasteiger charge is -2.31. The first kappa shape index (κ1) is 20.2. The molecule has 3 aliphatic rings. The van der Waals surface area contributed by atoms with Gasteiger partial charge in [-0.15, -0.1) is 0 Å². The van der Waals surface area contributed by atoms with E-state index in [-0.39, 0.29) is 24.8 Å². The molecule has 4 rings (SSSR count). The Balaban J connectivity index is 1.50. The summed E-state index contributed by atoms with van der Waals surface area (Å²) >= 11 is 0.